The first-order valence-corrected chi connectivity index (χ1v) is 9.92. The van der Waals surface area contributed by atoms with Gasteiger partial charge in [0.05, 0.1) is 5.39 Å². The lowest BCUT2D eigenvalue weighted by molar-refractivity contribution is 0.102. The van der Waals surface area contributed by atoms with Crippen molar-refractivity contribution in [1.82, 2.24) is 5.16 Å². The Morgan fingerprint density at radius 1 is 0.862 bits per heavy atom. The van der Waals surface area contributed by atoms with E-state index in [0.29, 0.717) is 16.8 Å². The average Bonchev–Trinajstić information content (AvgIpc) is 3.17. The maximum Gasteiger partial charge on any atom is 0.255 e. The minimum absolute atomic E-state index is 0.176. The molecule has 0 bridgehead atoms. The van der Waals surface area contributed by atoms with Gasteiger partial charge in [0.1, 0.15) is 5.52 Å². The highest BCUT2D eigenvalue weighted by Gasteiger charge is 2.14. The van der Waals surface area contributed by atoms with Crippen molar-refractivity contribution in [2.24, 2.45) is 0 Å². The number of carbonyl (C=O) groups excluding carboxylic acids is 1. The first-order valence-electron chi connectivity index (χ1n) is 9.13. The van der Waals surface area contributed by atoms with Crippen molar-refractivity contribution >= 4 is 49.2 Å². The van der Waals surface area contributed by atoms with Crippen LogP contribution in [-0.4, -0.2) is 11.1 Å². The van der Waals surface area contributed by atoms with E-state index in [0.717, 1.165) is 31.9 Å². The minimum Gasteiger partial charge on any atom is -0.355 e. The van der Waals surface area contributed by atoms with E-state index in [1.807, 2.05) is 72.8 Å². The highest BCUT2D eigenvalue weighted by Crippen LogP contribution is 2.30. The summed E-state index contributed by atoms with van der Waals surface area (Å²) in [6, 6.07) is 27.1. The van der Waals surface area contributed by atoms with Gasteiger partial charge in [-0.15, -0.1) is 0 Å². The highest BCUT2D eigenvalue weighted by atomic mass is 79.9. The summed E-state index contributed by atoms with van der Waals surface area (Å²) < 4.78 is 6.53. The van der Waals surface area contributed by atoms with Gasteiger partial charge in [0.15, 0.2) is 5.76 Å². The van der Waals surface area contributed by atoms with E-state index in [2.05, 4.69) is 26.4 Å². The number of aromatic nitrogens is 1. The highest BCUT2D eigenvalue weighted by molar-refractivity contribution is 9.10. The zero-order valence-electron chi connectivity index (χ0n) is 15.2. The van der Waals surface area contributed by atoms with Crippen molar-refractivity contribution in [3.63, 3.8) is 0 Å². The topological polar surface area (TPSA) is 55.1 Å². The number of halogens is 1. The number of hydrogen-bond acceptors (Lipinski definition) is 3. The molecule has 4 nitrogen and oxygen atoms in total. The Hall–Kier alpha value is -3.44. The molecule has 0 unspecified atom stereocenters. The van der Waals surface area contributed by atoms with Gasteiger partial charge in [-0.05, 0) is 65.4 Å². The number of benzene rings is 4. The van der Waals surface area contributed by atoms with Crippen LogP contribution in [0.15, 0.2) is 93.9 Å². The van der Waals surface area contributed by atoms with E-state index in [9.17, 15) is 4.79 Å². The molecule has 0 atom stereocenters. The fourth-order valence-corrected chi connectivity index (χ4v) is 3.63. The summed E-state index contributed by atoms with van der Waals surface area (Å²) in [6.07, 6.45) is 0. The van der Waals surface area contributed by atoms with Crippen LogP contribution in [0.4, 0.5) is 5.69 Å². The number of hydrogen-bond donors (Lipinski definition) is 1. The van der Waals surface area contributed by atoms with Crippen LogP contribution in [0.5, 0.6) is 0 Å². The van der Waals surface area contributed by atoms with E-state index < -0.39 is 0 Å². The summed E-state index contributed by atoms with van der Waals surface area (Å²) in [5.74, 6) is 0.470. The van der Waals surface area contributed by atoms with Gasteiger partial charge in [-0.25, -0.2) is 0 Å². The molecule has 5 rings (SSSR count). The monoisotopic (exact) mass is 442 g/mol. The Kier molecular flexibility index (Phi) is 4.37. The molecule has 0 saturated carbocycles. The molecule has 4 aromatic carbocycles. The number of nitrogens with one attached hydrogen (secondary N) is 1. The molecule has 0 aliphatic rings. The Balaban J connectivity index is 1.48. The number of amides is 1. The molecule has 5 aromatic rings. The molecular weight excluding hydrogens is 428 g/mol. The van der Waals surface area contributed by atoms with Crippen LogP contribution in [0, 0.1) is 0 Å². The second-order valence-corrected chi connectivity index (χ2v) is 7.68. The van der Waals surface area contributed by atoms with E-state index in [-0.39, 0.29) is 5.91 Å². The Bertz CT molecular complexity index is 1360. The Morgan fingerprint density at radius 2 is 1.66 bits per heavy atom. The van der Waals surface area contributed by atoms with Crippen molar-refractivity contribution in [2.75, 3.05) is 5.32 Å². The smallest absolute Gasteiger partial charge is 0.255 e. The van der Waals surface area contributed by atoms with Crippen LogP contribution < -0.4 is 5.32 Å². The van der Waals surface area contributed by atoms with Gasteiger partial charge in [-0.1, -0.05) is 51.4 Å². The zero-order valence-corrected chi connectivity index (χ0v) is 16.8. The third-order valence-electron chi connectivity index (χ3n) is 4.85. The molecule has 140 valence electrons. The Morgan fingerprint density at radius 3 is 2.48 bits per heavy atom. The van der Waals surface area contributed by atoms with Crippen molar-refractivity contribution in [3.8, 4) is 11.3 Å². The number of anilines is 1. The van der Waals surface area contributed by atoms with Crippen LogP contribution in [0.1, 0.15) is 10.4 Å². The first kappa shape index (κ1) is 17.6. The summed E-state index contributed by atoms with van der Waals surface area (Å²) in [6.45, 7) is 0. The van der Waals surface area contributed by atoms with Gasteiger partial charge < -0.3 is 9.84 Å². The van der Waals surface area contributed by atoms with E-state index in [4.69, 9.17) is 4.52 Å². The third kappa shape index (κ3) is 3.41. The maximum atomic E-state index is 12.8. The molecular formula is C24H15BrN2O2. The molecule has 0 saturated heterocycles. The van der Waals surface area contributed by atoms with Crippen molar-refractivity contribution in [2.45, 2.75) is 0 Å². The van der Waals surface area contributed by atoms with Crippen molar-refractivity contribution in [3.05, 3.63) is 95.0 Å². The number of carbonyl (C=O) groups is 1. The summed E-state index contributed by atoms with van der Waals surface area (Å²) in [5, 5.41) is 10.1. The summed E-state index contributed by atoms with van der Waals surface area (Å²) in [7, 11) is 0. The molecule has 29 heavy (non-hydrogen) atoms. The lowest BCUT2D eigenvalue weighted by Crippen LogP contribution is -2.11. The van der Waals surface area contributed by atoms with Crippen LogP contribution >= 0.6 is 15.9 Å². The zero-order chi connectivity index (χ0) is 19.8. The molecule has 1 heterocycles. The number of rotatable bonds is 3. The molecule has 1 amide bonds. The molecule has 1 aromatic heterocycles. The normalized spacial score (nSPS) is 11.1. The SMILES string of the molecule is O=C(Nc1ccc2ccccc2c1)c1ccc2noc(-c3ccc(Br)cc3)c2c1. The number of nitrogens with zero attached hydrogens (tertiary/aromatic N) is 1. The Labute approximate surface area is 175 Å². The summed E-state index contributed by atoms with van der Waals surface area (Å²) in [4.78, 5) is 12.8. The van der Waals surface area contributed by atoms with Gasteiger partial charge >= 0.3 is 0 Å². The van der Waals surface area contributed by atoms with Crippen molar-refractivity contribution < 1.29 is 9.32 Å². The molecule has 1 N–H and O–H groups in total. The molecule has 0 fully saturated rings. The van der Waals surface area contributed by atoms with Crippen LogP contribution in [0.2, 0.25) is 0 Å². The van der Waals surface area contributed by atoms with Crippen LogP contribution in [-0.2, 0) is 0 Å². The lowest BCUT2D eigenvalue weighted by Gasteiger charge is -2.07. The van der Waals surface area contributed by atoms with Gasteiger partial charge in [-0.2, -0.15) is 0 Å². The van der Waals surface area contributed by atoms with Crippen LogP contribution in [0.25, 0.3) is 33.0 Å². The molecule has 0 radical (unpaired) electrons. The van der Waals surface area contributed by atoms with Gasteiger partial charge in [0.25, 0.3) is 5.91 Å². The predicted molar refractivity (Wildman–Crippen MR) is 119 cm³/mol. The summed E-state index contributed by atoms with van der Waals surface area (Å²) >= 11 is 3.44. The molecule has 5 heteroatoms. The average molecular weight is 443 g/mol. The lowest BCUT2D eigenvalue weighted by atomic mass is 10.1. The fourth-order valence-electron chi connectivity index (χ4n) is 3.36. The molecule has 0 aliphatic heterocycles. The second-order valence-electron chi connectivity index (χ2n) is 6.77. The molecule has 0 spiro atoms. The summed E-state index contributed by atoms with van der Waals surface area (Å²) in [5.41, 5.74) is 2.92. The van der Waals surface area contributed by atoms with Crippen LogP contribution in [0.3, 0.4) is 0 Å². The van der Waals surface area contributed by atoms with E-state index in [1.54, 1.807) is 12.1 Å². The standard InChI is InChI=1S/C24H15BrN2O2/c25-19-9-5-16(6-10-19)23-21-14-18(8-12-22(21)27-29-23)24(28)26-20-11-7-15-3-1-2-4-17(15)13-20/h1-14H,(H,26,28). The van der Waals surface area contributed by atoms with Crippen molar-refractivity contribution in [1.29, 1.82) is 0 Å². The quantitative estimate of drug-likeness (QED) is 0.339. The van der Waals surface area contributed by atoms with Gasteiger partial charge in [0, 0.05) is 21.3 Å². The number of fused-ring (bicyclic) bond motifs is 2. The fraction of sp³-hybridized carbons (Fsp3) is 0. The van der Waals surface area contributed by atoms with Gasteiger partial charge in [0.2, 0.25) is 0 Å². The van der Waals surface area contributed by atoms with Gasteiger partial charge in [-0.3, -0.25) is 4.79 Å². The largest absolute Gasteiger partial charge is 0.355 e. The predicted octanol–water partition coefficient (Wildman–Crippen LogP) is 6.66. The van der Waals surface area contributed by atoms with E-state index in [1.165, 1.54) is 0 Å². The maximum absolute atomic E-state index is 12.8. The minimum atomic E-state index is -0.176. The first-order chi connectivity index (χ1) is 14.2. The molecule has 0 aliphatic carbocycles. The third-order valence-corrected chi connectivity index (χ3v) is 5.38. The van der Waals surface area contributed by atoms with E-state index >= 15 is 0 Å². The second kappa shape index (κ2) is 7.18.